The molecule has 0 spiro atoms. The molecule has 2 atom stereocenters. The van der Waals surface area contributed by atoms with Crippen molar-refractivity contribution in [1.82, 2.24) is 4.90 Å². The van der Waals surface area contributed by atoms with Crippen molar-refractivity contribution in [2.45, 2.75) is 47.1 Å². The molecule has 0 bridgehead atoms. The van der Waals surface area contributed by atoms with Crippen LogP contribution in [0, 0.1) is 25.2 Å². The van der Waals surface area contributed by atoms with E-state index in [9.17, 15) is 5.11 Å². The standard InChI is InChI=1S/C18H29NO/c1-13-6-7-15(10-14(13)2)17(20)12-19-9-8-16(11-19)18(3,4)5/h6-7,10,16-17,20H,8-9,11-12H2,1-5H3. The van der Waals surface area contributed by atoms with Crippen LogP contribution in [0.5, 0.6) is 0 Å². The van der Waals surface area contributed by atoms with E-state index >= 15 is 0 Å². The summed E-state index contributed by atoms with van der Waals surface area (Å²) in [6, 6.07) is 6.29. The normalized spacial score (nSPS) is 22.2. The van der Waals surface area contributed by atoms with Crippen LogP contribution >= 0.6 is 0 Å². The Bertz CT molecular complexity index is 461. The molecule has 0 saturated carbocycles. The Balaban J connectivity index is 1.95. The lowest BCUT2D eigenvalue weighted by atomic mass is 9.80. The van der Waals surface area contributed by atoms with Crippen LogP contribution in [0.4, 0.5) is 0 Å². The highest BCUT2D eigenvalue weighted by Crippen LogP contribution is 2.34. The average Bonchev–Trinajstić information content (AvgIpc) is 2.81. The number of rotatable bonds is 3. The summed E-state index contributed by atoms with van der Waals surface area (Å²) in [4.78, 5) is 2.41. The van der Waals surface area contributed by atoms with E-state index < -0.39 is 0 Å². The van der Waals surface area contributed by atoms with Crippen LogP contribution in [0.25, 0.3) is 0 Å². The number of nitrogens with zero attached hydrogens (tertiary/aromatic N) is 1. The minimum Gasteiger partial charge on any atom is -0.387 e. The highest BCUT2D eigenvalue weighted by atomic mass is 16.3. The van der Waals surface area contributed by atoms with Gasteiger partial charge in [-0.1, -0.05) is 39.0 Å². The van der Waals surface area contributed by atoms with E-state index in [1.807, 2.05) is 0 Å². The maximum absolute atomic E-state index is 10.4. The molecule has 0 amide bonds. The fourth-order valence-electron chi connectivity index (χ4n) is 3.03. The summed E-state index contributed by atoms with van der Waals surface area (Å²) in [6.07, 6.45) is 0.886. The van der Waals surface area contributed by atoms with Crippen molar-refractivity contribution in [2.24, 2.45) is 11.3 Å². The van der Waals surface area contributed by atoms with E-state index in [2.05, 4.69) is 57.7 Å². The molecule has 2 rings (SSSR count). The van der Waals surface area contributed by atoms with Crippen LogP contribution in [0.15, 0.2) is 18.2 Å². The minimum absolute atomic E-state index is 0.368. The quantitative estimate of drug-likeness (QED) is 0.909. The number of β-amino-alcohol motifs (C(OH)–C–C–N with tert-alkyl or cyclic N) is 1. The maximum atomic E-state index is 10.4. The first-order valence-corrected chi connectivity index (χ1v) is 7.75. The molecule has 2 nitrogen and oxygen atoms in total. The van der Waals surface area contributed by atoms with Gasteiger partial charge in [0.2, 0.25) is 0 Å². The third kappa shape index (κ3) is 3.62. The molecule has 1 saturated heterocycles. The Labute approximate surface area is 123 Å². The Hall–Kier alpha value is -0.860. The van der Waals surface area contributed by atoms with Crippen LogP contribution in [-0.2, 0) is 0 Å². The minimum atomic E-state index is -0.368. The molecule has 112 valence electrons. The molecule has 1 aromatic rings. The van der Waals surface area contributed by atoms with Crippen molar-refractivity contribution in [3.8, 4) is 0 Å². The van der Waals surface area contributed by atoms with Gasteiger partial charge in [0, 0.05) is 13.1 Å². The number of benzene rings is 1. The molecule has 2 heteroatoms. The van der Waals surface area contributed by atoms with E-state index in [4.69, 9.17) is 0 Å². The average molecular weight is 275 g/mol. The Morgan fingerprint density at radius 3 is 2.50 bits per heavy atom. The van der Waals surface area contributed by atoms with Gasteiger partial charge in [0.1, 0.15) is 0 Å². The third-order valence-electron chi connectivity index (χ3n) is 4.84. The van der Waals surface area contributed by atoms with Crippen LogP contribution in [-0.4, -0.2) is 29.6 Å². The monoisotopic (exact) mass is 275 g/mol. The fraction of sp³-hybridized carbons (Fsp3) is 0.667. The SMILES string of the molecule is Cc1ccc(C(O)CN2CCC(C(C)(C)C)C2)cc1C. The Kier molecular flexibility index (Phi) is 4.55. The van der Waals surface area contributed by atoms with E-state index in [0.29, 0.717) is 5.41 Å². The van der Waals surface area contributed by atoms with Gasteiger partial charge < -0.3 is 10.0 Å². The largest absolute Gasteiger partial charge is 0.387 e. The van der Waals surface area contributed by atoms with E-state index in [-0.39, 0.29) is 6.10 Å². The molecule has 1 heterocycles. The van der Waals surface area contributed by atoms with Gasteiger partial charge in [0.15, 0.2) is 0 Å². The zero-order valence-corrected chi connectivity index (χ0v) is 13.6. The zero-order chi connectivity index (χ0) is 14.9. The summed E-state index contributed by atoms with van der Waals surface area (Å²) in [5.74, 6) is 0.745. The van der Waals surface area contributed by atoms with Crippen molar-refractivity contribution >= 4 is 0 Å². The van der Waals surface area contributed by atoms with Crippen LogP contribution in [0.3, 0.4) is 0 Å². The lowest BCUT2D eigenvalue weighted by molar-refractivity contribution is 0.118. The number of likely N-dealkylation sites (tertiary alicyclic amines) is 1. The first-order chi connectivity index (χ1) is 9.27. The van der Waals surface area contributed by atoms with Crippen LogP contribution < -0.4 is 0 Å². The lowest BCUT2D eigenvalue weighted by Gasteiger charge is -2.27. The van der Waals surface area contributed by atoms with Crippen molar-refractivity contribution in [2.75, 3.05) is 19.6 Å². The molecular formula is C18H29NO. The lowest BCUT2D eigenvalue weighted by Crippen LogP contribution is -2.29. The van der Waals surface area contributed by atoms with Crippen LogP contribution in [0.2, 0.25) is 0 Å². The van der Waals surface area contributed by atoms with Crippen molar-refractivity contribution in [3.63, 3.8) is 0 Å². The second-order valence-electron chi connectivity index (χ2n) is 7.47. The Morgan fingerprint density at radius 2 is 1.95 bits per heavy atom. The Morgan fingerprint density at radius 1 is 1.25 bits per heavy atom. The van der Waals surface area contributed by atoms with Crippen LogP contribution in [0.1, 0.15) is 50.0 Å². The third-order valence-corrected chi connectivity index (χ3v) is 4.84. The summed E-state index contributed by atoms with van der Waals surface area (Å²) in [6.45, 7) is 14.2. The predicted molar refractivity (Wildman–Crippen MR) is 84.9 cm³/mol. The number of aliphatic hydroxyl groups is 1. The molecule has 0 radical (unpaired) electrons. The van der Waals surface area contributed by atoms with Gasteiger partial charge in [0.05, 0.1) is 6.10 Å². The summed E-state index contributed by atoms with van der Waals surface area (Å²) >= 11 is 0. The van der Waals surface area contributed by atoms with E-state index in [1.54, 1.807) is 0 Å². The number of aryl methyl sites for hydroxylation is 2. The maximum Gasteiger partial charge on any atom is 0.0917 e. The van der Waals surface area contributed by atoms with Gasteiger partial charge in [-0.05, 0) is 54.8 Å². The van der Waals surface area contributed by atoms with Gasteiger partial charge >= 0.3 is 0 Å². The predicted octanol–water partition coefficient (Wildman–Crippen LogP) is 3.70. The molecular weight excluding hydrogens is 246 g/mol. The van der Waals surface area contributed by atoms with Crippen molar-refractivity contribution in [1.29, 1.82) is 0 Å². The molecule has 1 aliphatic rings. The van der Waals surface area contributed by atoms with E-state index in [0.717, 1.165) is 31.1 Å². The topological polar surface area (TPSA) is 23.5 Å². The fourth-order valence-corrected chi connectivity index (χ4v) is 3.03. The molecule has 1 N–H and O–H groups in total. The van der Waals surface area contributed by atoms with E-state index in [1.165, 1.54) is 17.5 Å². The molecule has 2 unspecified atom stereocenters. The number of hydrogen-bond acceptors (Lipinski definition) is 2. The smallest absolute Gasteiger partial charge is 0.0917 e. The highest BCUT2D eigenvalue weighted by molar-refractivity contribution is 5.31. The first-order valence-electron chi connectivity index (χ1n) is 7.75. The molecule has 1 fully saturated rings. The summed E-state index contributed by atoms with van der Waals surface area (Å²) in [5.41, 5.74) is 3.97. The van der Waals surface area contributed by atoms with Gasteiger partial charge in [-0.2, -0.15) is 0 Å². The number of aliphatic hydroxyl groups excluding tert-OH is 1. The molecule has 0 aliphatic carbocycles. The van der Waals surface area contributed by atoms with Gasteiger partial charge in [-0.25, -0.2) is 0 Å². The van der Waals surface area contributed by atoms with Crippen molar-refractivity contribution < 1.29 is 5.11 Å². The summed E-state index contributed by atoms with van der Waals surface area (Å²) in [7, 11) is 0. The molecule has 1 aliphatic heterocycles. The summed E-state index contributed by atoms with van der Waals surface area (Å²) < 4.78 is 0. The highest BCUT2D eigenvalue weighted by Gasteiger charge is 2.32. The molecule has 20 heavy (non-hydrogen) atoms. The van der Waals surface area contributed by atoms with Gasteiger partial charge in [0.25, 0.3) is 0 Å². The summed E-state index contributed by atoms with van der Waals surface area (Å²) in [5, 5.41) is 10.4. The second kappa shape index (κ2) is 5.87. The zero-order valence-electron chi connectivity index (χ0n) is 13.6. The van der Waals surface area contributed by atoms with Gasteiger partial charge in [-0.15, -0.1) is 0 Å². The molecule has 0 aromatic heterocycles. The van der Waals surface area contributed by atoms with Gasteiger partial charge in [-0.3, -0.25) is 0 Å². The first kappa shape index (κ1) is 15.5. The molecule has 1 aromatic carbocycles. The van der Waals surface area contributed by atoms with Crippen molar-refractivity contribution in [3.05, 3.63) is 34.9 Å². The second-order valence-corrected chi connectivity index (χ2v) is 7.47. The number of hydrogen-bond donors (Lipinski definition) is 1.